The molecule has 2 N–H and O–H groups in total. The van der Waals surface area contributed by atoms with Gasteiger partial charge in [0.1, 0.15) is 6.21 Å². The number of rotatable bonds is 4. The predicted octanol–water partition coefficient (Wildman–Crippen LogP) is 3.48. The number of carbonyl (C=O) groups excluding carboxylic acids is 2. The first-order valence-corrected chi connectivity index (χ1v) is 6.98. The Morgan fingerprint density at radius 1 is 0.957 bits per heavy atom. The minimum absolute atomic E-state index is 0.487. The van der Waals surface area contributed by atoms with Crippen LogP contribution in [0.1, 0.15) is 11.1 Å². The second-order valence-corrected chi connectivity index (χ2v) is 4.96. The van der Waals surface area contributed by atoms with Gasteiger partial charge in [-0.1, -0.05) is 35.0 Å². The van der Waals surface area contributed by atoms with E-state index in [-0.39, 0.29) is 0 Å². The summed E-state index contributed by atoms with van der Waals surface area (Å²) >= 11 is 0. The fourth-order valence-electron chi connectivity index (χ4n) is 1.80. The number of anilines is 2. The summed E-state index contributed by atoms with van der Waals surface area (Å²) in [5.41, 5.74) is 3.33. The number of carbonyl (C=O) groups is 2. The fraction of sp³-hybridized carbons (Fsp3) is 0.118. The summed E-state index contributed by atoms with van der Waals surface area (Å²) in [7, 11) is 0. The largest absolute Gasteiger partial charge is 0.437 e. The third-order valence-electron chi connectivity index (χ3n) is 2.89. The van der Waals surface area contributed by atoms with E-state index in [1.165, 1.54) is 0 Å². The molecule has 118 valence electrons. The molecule has 0 aliphatic heterocycles. The number of hydrogen-bond acceptors (Lipinski definition) is 4. The molecule has 0 saturated heterocycles. The Kier molecular flexibility index (Phi) is 5.46. The van der Waals surface area contributed by atoms with E-state index >= 15 is 0 Å². The van der Waals surface area contributed by atoms with Crippen LogP contribution >= 0.6 is 0 Å². The van der Waals surface area contributed by atoms with Gasteiger partial charge in [-0.3, -0.25) is 14.9 Å². The molecule has 0 spiro atoms. The van der Waals surface area contributed by atoms with Crippen LogP contribution in [0, 0.1) is 13.8 Å². The fourth-order valence-corrected chi connectivity index (χ4v) is 1.80. The van der Waals surface area contributed by atoms with Crippen LogP contribution in [0.2, 0.25) is 0 Å². The Balaban J connectivity index is 1.80. The monoisotopic (exact) mass is 311 g/mol. The molecule has 2 aromatic carbocycles. The van der Waals surface area contributed by atoms with Gasteiger partial charge in [-0.05, 0) is 43.7 Å². The van der Waals surface area contributed by atoms with E-state index in [0.717, 1.165) is 17.3 Å². The van der Waals surface area contributed by atoms with Crippen molar-refractivity contribution in [3.63, 3.8) is 0 Å². The summed E-state index contributed by atoms with van der Waals surface area (Å²) < 4.78 is 0. The lowest BCUT2D eigenvalue weighted by atomic mass is 10.2. The molecule has 23 heavy (non-hydrogen) atoms. The molecule has 0 aromatic heterocycles. The third kappa shape index (κ3) is 5.62. The van der Waals surface area contributed by atoms with E-state index in [0.29, 0.717) is 11.4 Å². The van der Waals surface area contributed by atoms with E-state index in [9.17, 15) is 9.59 Å². The zero-order chi connectivity index (χ0) is 16.7. The van der Waals surface area contributed by atoms with Gasteiger partial charge in [-0.25, -0.2) is 4.79 Å². The quantitative estimate of drug-likeness (QED) is 0.515. The van der Waals surface area contributed by atoms with Crippen molar-refractivity contribution in [2.24, 2.45) is 5.16 Å². The Labute approximate surface area is 134 Å². The van der Waals surface area contributed by atoms with Crippen LogP contribution < -0.4 is 10.6 Å². The van der Waals surface area contributed by atoms with E-state index in [2.05, 4.69) is 20.6 Å². The second kappa shape index (κ2) is 7.74. The summed E-state index contributed by atoms with van der Waals surface area (Å²) in [6.07, 6.45) is 0.130. The van der Waals surface area contributed by atoms with Crippen LogP contribution in [-0.2, 0) is 9.63 Å². The van der Waals surface area contributed by atoms with Crippen molar-refractivity contribution < 1.29 is 14.4 Å². The highest BCUT2D eigenvalue weighted by molar-refractivity contribution is 6.31. The minimum atomic E-state index is -0.770. The van der Waals surface area contributed by atoms with Crippen molar-refractivity contribution in [1.29, 1.82) is 0 Å². The number of benzene rings is 2. The van der Waals surface area contributed by atoms with Crippen LogP contribution in [0.25, 0.3) is 0 Å². The zero-order valence-corrected chi connectivity index (χ0v) is 12.9. The van der Waals surface area contributed by atoms with E-state index in [1.807, 2.05) is 44.2 Å². The molecule has 0 aliphatic carbocycles. The van der Waals surface area contributed by atoms with Gasteiger partial charge in [0, 0.05) is 11.4 Å². The molecule has 0 fully saturated rings. The highest BCUT2D eigenvalue weighted by Gasteiger charge is 2.03. The van der Waals surface area contributed by atoms with Gasteiger partial charge in [0.05, 0.1) is 0 Å². The average Bonchev–Trinajstić information content (AvgIpc) is 2.49. The van der Waals surface area contributed by atoms with Gasteiger partial charge in [-0.15, -0.1) is 0 Å². The second-order valence-electron chi connectivity index (χ2n) is 4.96. The van der Waals surface area contributed by atoms with Crippen molar-refractivity contribution in [1.82, 2.24) is 0 Å². The van der Waals surface area contributed by atoms with Crippen molar-refractivity contribution >= 4 is 29.6 Å². The van der Waals surface area contributed by atoms with Crippen LogP contribution in [0.5, 0.6) is 0 Å². The maximum absolute atomic E-state index is 11.6. The normalized spacial score (nSPS) is 10.3. The first kappa shape index (κ1) is 16.2. The summed E-state index contributed by atoms with van der Waals surface area (Å²) in [6, 6.07) is 14.5. The maximum atomic E-state index is 11.6. The summed E-state index contributed by atoms with van der Waals surface area (Å²) in [5, 5.41) is 8.46. The van der Waals surface area contributed by atoms with Crippen molar-refractivity contribution in [2.45, 2.75) is 13.8 Å². The Bertz CT molecular complexity index is 724. The molecule has 6 nitrogen and oxygen atoms in total. The smallest absolute Gasteiger partial charge is 0.321 e. The molecule has 2 aromatic rings. The molecule has 0 bridgehead atoms. The highest BCUT2D eigenvalue weighted by atomic mass is 16.7. The van der Waals surface area contributed by atoms with E-state index in [4.69, 9.17) is 0 Å². The molecule has 6 heteroatoms. The Morgan fingerprint density at radius 2 is 1.70 bits per heavy atom. The molecular weight excluding hydrogens is 294 g/mol. The number of nitrogens with one attached hydrogen (secondary N) is 2. The molecule has 0 saturated carbocycles. The lowest BCUT2D eigenvalue weighted by molar-refractivity contribution is -0.110. The van der Waals surface area contributed by atoms with Gasteiger partial charge in [0.2, 0.25) is 0 Å². The van der Waals surface area contributed by atoms with Crippen molar-refractivity contribution in [3.05, 3.63) is 59.7 Å². The van der Waals surface area contributed by atoms with Crippen molar-refractivity contribution in [3.8, 4) is 0 Å². The number of oxime groups is 1. The van der Waals surface area contributed by atoms with Crippen LogP contribution in [0.15, 0.2) is 53.7 Å². The molecule has 0 radical (unpaired) electrons. The SMILES string of the molecule is Cc1ccc(NC(=O)O/N=C/C(=O)Nc2cccc(C)c2)cc1. The van der Waals surface area contributed by atoms with Crippen LogP contribution in [0.4, 0.5) is 16.2 Å². The summed E-state index contributed by atoms with van der Waals surface area (Å²) in [5.74, 6) is -0.487. The van der Waals surface area contributed by atoms with Gasteiger partial charge in [-0.2, -0.15) is 0 Å². The lowest BCUT2D eigenvalue weighted by Crippen LogP contribution is -2.15. The third-order valence-corrected chi connectivity index (χ3v) is 2.89. The van der Waals surface area contributed by atoms with Gasteiger partial charge in [0.25, 0.3) is 5.91 Å². The summed E-state index contributed by atoms with van der Waals surface area (Å²) in [4.78, 5) is 27.7. The van der Waals surface area contributed by atoms with Crippen LogP contribution in [0.3, 0.4) is 0 Å². The topological polar surface area (TPSA) is 79.8 Å². The molecule has 0 aliphatic rings. The zero-order valence-electron chi connectivity index (χ0n) is 12.9. The maximum Gasteiger partial charge on any atom is 0.437 e. The Morgan fingerprint density at radius 3 is 2.39 bits per heavy atom. The standard InChI is InChI=1S/C17H17N3O3/c1-12-6-8-14(9-7-12)20-17(22)23-18-11-16(21)19-15-5-3-4-13(2)10-15/h3-11H,1-2H3,(H,19,21)(H,20,22)/b18-11+. The molecular formula is C17H17N3O3. The summed E-state index contributed by atoms with van der Waals surface area (Å²) in [6.45, 7) is 3.86. The van der Waals surface area contributed by atoms with Crippen molar-refractivity contribution in [2.75, 3.05) is 10.6 Å². The average molecular weight is 311 g/mol. The van der Waals surface area contributed by atoms with Gasteiger partial charge in [0.15, 0.2) is 0 Å². The lowest BCUT2D eigenvalue weighted by Gasteiger charge is -2.03. The number of aryl methyl sites for hydroxylation is 2. The molecule has 0 unspecified atom stereocenters. The van der Waals surface area contributed by atoms with E-state index < -0.39 is 12.0 Å². The number of nitrogens with zero attached hydrogens (tertiary/aromatic N) is 1. The molecule has 0 atom stereocenters. The first-order valence-electron chi connectivity index (χ1n) is 6.98. The van der Waals surface area contributed by atoms with Gasteiger partial charge < -0.3 is 5.32 Å². The first-order chi connectivity index (χ1) is 11.0. The molecule has 0 heterocycles. The number of amides is 2. The minimum Gasteiger partial charge on any atom is -0.321 e. The van der Waals surface area contributed by atoms with E-state index in [1.54, 1.807) is 18.2 Å². The number of hydrogen-bond donors (Lipinski definition) is 2. The Hall–Kier alpha value is -3.15. The van der Waals surface area contributed by atoms with Crippen LogP contribution in [-0.4, -0.2) is 18.2 Å². The molecule has 2 rings (SSSR count). The highest BCUT2D eigenvalue weighted by Crippen LogP contribution is 2.09. The predicted molar refractivity (Wildman–Crippen MR) is 89.6 cm³/mol. The van der Waals surface area contributed by atoms with Gasteiger partial charge >= 0.3 is 6.09 Å². The molecule has 2 amide bonds.